The molecule has 3 aromatic rings. The van der Waals surface area contributed by atoms with E-state index in [9.17, 15) is 4.39 Å². The maximum atomic E-state index is 9.50. The Labute approximate surface area is 145 Å². The predicted molar refractivity (Wildman–Crippen MR) is 96.9 cm³/mol. The Balaban J connectivity index is 0.000000815. The van der Waals surface area contributed by atoms with E-state index in [-0.39, 0.29) is 0 Å². The first-order valence-electron chi connectivity index (χ1n) is 7.80. The average Bonchev–Trinajstić information content (AvgIpc) is 3.40. The normalized spacial score (nSPS) is 13.1. The van der Waals surface area contributed by atoms with Crippen LogP contribution >= 0.6 is 11.9 Å². The highest BCUT2D eigenvalue weighted by atomic mass is 32.2. The summed E-state index contributed by atoms with van der Waals surface area (Å²) < 4.78 is 18.7. The fourth-order valence-electron chi connectivity index (χ4n) is 2.25. The van der Waals surface area contributed by atoms with Gasteiger partial charge in [-0.1, -0.05) is 30.3 Å². The molecule has 1 aliphatic carbocycles. The number of aromatic nitrogens is 1. The molecule has 2 aromatic carbocycles. The molecule has 24 heavy (non-hydrogen) atoms. The summed E-state index contributed by atoms with van der Waals surface area (Å²) in [5.41, 5.74) is 2.17. The number of nitrogens with one attached hydrogen (secondary N) is 1. The molecule has 0 amide bonds. The zero-order valence-corrected chi connectivity index (χ0v) is 14.2. The van der Waals surface area contributed by atoms with Crippen molar-refractivity contribution in [2.45, 2.75) is 23.7 Å². The number of oxazole rings is 1. The number of alkyl halides is 1. The third kappa shape index (κ3) is 4.17. The summed E-state index contributed by atoms with van der Waals surface area (Å²) in [6.07, 6.45) is 4.25. The highest BCUT2D eigenvalue weighted by Gasteiger charge is 2.28. The molecule has 0 spiro atoms. The Kier molecular flexibility index (Phi) is 5.54. The molecule has 5 heteroatoms. The first-order valence-corrected chi connectivity index (χ1v) is 8.62. The molecule has 1 heterocycles. The minimum absolute atomic E-state index is 0.500. The van der Waals surface area contributed by atoms with Crippen LogP contribution in [0.1, 0.15) is 24.7 Å². The Morgan fingerprint density at radius 2 is 1.75 bits per heavy atom. The summed E-state index contributed by atoms with van der Waals surface area (Å²) in [6.45, 7) is 0. The molecule has 4 rings (SSSR count). The largest absolute Gasteiger partial charge is 0.440 e. The lowest BCUT2D eigenvalue weighted by Crippen LogP contribution is -1.85. The molecule has 0 atom stereocenters. The molecule has 1 fully saturated rings. The van der Waals surface area contributed by atoms with E-state index in [4.69, 9.17) is 4.42 Å². The molecule has 1 aromatic heterocycles. The molecule has 0 radical (unpaired) electrons. The van der Waals surface area contributed by atoms with Crippen LogP contribution in [-0.2, 0) is 0 Å². The zero-order valence-electron chi connectivity index (χ0n) is 13.4. The monoisotopic (exact) mass is 342 g/mol. The number of halogens is 1. The van der Waals surface area contributed by atoms with Crippen LogP contribution < -0.4 is 4.72 Å². The number of nitrogens with zero attached hydrogens (tertiary/aromatic N) is 1. The molecule has 1 saturated carbocycles. The van der Waals surface area contributed by atoms with Crippen LogP contribution in [0.15, 0.2) is 70.1 Å². The molecule has 0 bridgehead atoms. The lowest BCUT2D eigenvalue weighted by Gasteiger charge is -2.05. The van der Waals surface area contributed by atoms with Gasteiger partial charge in [0.2, 0.25) is 0 Å². The Morgan fingerprint density at radius 1 is 1.04 bits per heavy atom. The van der Waals surface area contributed by atoms with Crippen molar-refractivity contribution in [2.24, 2.45) is 0 Å². The van der Waals surface area contributed by atoms with Crippen molar-refractivity contribution in [1.82, 2.24) is 4.98 Å². The average molecular weight is 342 g/mol. The van der Waals surface area contributed by atoms with E-state index in [1.54, 1.807) is 11.9 Å². The fourth-order valence-corrected chi connectivity index (χ4v) is 2.90. The number of para-hydroxylation sites is 1. The van der Waals surface area contributed by atoms with Crippen molar-refractivity contribution in [3.05, 3.63) is 66.7 Å². The van der Waals surface area contributed by atoms with Crippen molar-refractivity contribution in [2.75, 3.05) is 11.9 Å². The smallest absolute Gasteiger partial charge is 0.198 e. The van der Waals surface area contributed by atoms with Crippen molar-refractivity contribution in [3.8, 4) is 11.3 Å². The van der Waals surface area contributed by atoms with Gasteiger partial charge in [-0.05, 0) is 49.1 Å². The van der Waals surface area contributed by atoms with Crippen molar-refractivity contribution in [1.29, 1.82) is 0 Å². The minimum atomic E-state index is 0.500. The van der Waals surface area contributed by atoms with Gasteiger partial charge in [0, 0.05) is 22.1 Å². The Hall–Kier alpha value is -2.27. The van der Waals surface area contributed by atoms with Gasteiger partial charge in [0.15, 0.2) is 11.7 Å². The van der Waals surface area contributed by atoms with Crippen LogP contribution in [-0.4, -0.2) is 12.2 Å². The van der Waals surface area contributed by atoms with Gasteiger partial charge < -0.3 is 9.14 Å². The molecule has 3 nitrogen and oxygen atoms in total. The topological polar surface area (TPSA) is 38.1 Å². The van der Waals surface area contributed by atoms with E-state index in [0.29, 0.717) is 13.1 Å². The summed E-state index contributed by atoms with van der Waals surface area (Å²) in [7, 11) is 0.500. The van der Waals surface area contributed by atoms with Gasteiger partial charge in [-0.25, -0.2) is 4.98 Å². The van der Waals surface area contributed by atoms with E-state index in [1.807, 2.05) is 24.4 Å². The van der Waals surface area contributed by atoms with Gasteiger partial charge in [-0.15, -0.1) is 0 Å². The zero-order chi connectivity index (χ0) is 16.8. The Bertz CT molecular complexity index is 755. The second-order valence-corrected chi connectivity index (χ2v) is 6.31. The number of benzene rings is 2. The van der Waals surface area contributed by atoms with E-state index in [2.05, 4.69) is 46.1 Å². The maximum absolute atomic E-state index is 9.50. The fraction of sp³-hybridized carbons (Fsp3) is 0.211. The second-order valence-electron chi connectivity index (χ2n) is 5.43. The van der Waals surface area contributed by atoms with E-state index in [0.717, 1.165) is 27.8 Å². The van der Waals surface area contributed by atoms with Gasteiger partial charge in [0.05, 0.1) is 13.4 Å². The summed E-state index contributed by atoms with van der Waals surface area (Å²) in [6, 6.07) is 18.5. The van der Waals surface area contributed by atoms with Crippen LogP contribution in [0.2, 0.25) is 0 Å². The summed E-state index contributed by atoms with van der Waals surface area (Å²) >= 11 is 1.60. The van der Waals surface area contributed by atoms with Gasteiger partial charge in [-0.2, -0.15) is 0 Å². The van der Waals surface area contributed by atoms with Crippen LogP contribution in [0.5, 0.6) is 0 Å². The summed E-state index contributed by atoms with van der Waals surface area (Å²) in [4.78, 5) is 5.53. The van der Waals surface area contributed by atoms with Crippen molar-refractivity contribution < 1.29 is 8.81 Å². The van der Waals surface area contributed by atoms with Gasteiger partial charge in [0.1, 0.15) is 0 Å². The van der Waals surface area contributed by atoms with Crippen molar-refractivity contribution >= 4 is 17.6 Å². The molecular formula is C19H19FN2OS. The number of hydrogen-bond acceptors (Lipinski definition) is 4. The third-order valence-electron chi connectivity index (χ3n) is 3.65. The number of hydrogen-bond donors (Lipinski definition) is 1. The standard InChI is InChI=1S/C18H16N2OS.CH3F/c1-2-4-15(5-3-1)20-22-16-10-8-13(9-11-16)17-12-19-18(21-17)14-6-7-14;1-2/h1-5,8-12,14,20H,6-7H2;1H3. The van der Waals surface area contributed by atoms with E-state index in [1.165, 1.54) is 12.8 Å². The number of rotatable bonds is 5. The maximum Gasteiger partial charge on any atom is 0.198 e. The molecular weight excluding hydrogens is 323 g/mol. The van der Waals surface area contributed by atoms with Gasteiger partial charge in [0.25, 0.3) is 0 Å². The lowest BCUT2D eigenvalue weighted by atomic mass is 10.2. The third-order valence-corrected chi connectivity index (χ3v) is 4.50. The van der Waals surface area contributed by atoms with E-state index >= 15 is 0 Å². The van der Waals surface area contributed by atoms with E-state index < -0.39 is 0 Å². The Morgan fingerprint density at radius 3 is 2.42 bits per heavy atom. The first-order chi connectivity index (χ1) is 11.9. The lowest BCUT2D eigenvalue weighted by molar-refractivity contribution is 0.509. The first kappa shape index (κ1) is 16.6. The minimum Gasteiger partial charge on any atom is -0.440 e. The van der Waals surface area contributed by atoms with Crippen LogP contribution in [0.25, 0.3) is 11.3 Å². The SMILES string of the molecule is CF.c1ccc(NSc2ccc(-c3cnc(C4CC4)o3)cc2)cc1. The molecule has 0 aliphatic heterocycles. The number of anilines is 1. The quantitative estimate of drug-likeness (QED) is 0.584. The second kappa shape index (κ2) is 8.02. The van der Waals surface area contributed by atoms with Gasteiger partial charge in [-0.3, -0.25) is 4.39 Å². The van der Waals surface area contributed by atoms with Crippen molar-refractivity contribution in [3.63, 3.8) is 0 Å². The van der Waals surface area contributed by atoms with Gasteiger partial charge >= 0.3 is 0 Å². The van der Waals surface area contributed by atoms with Crippen LogP contribution in [0.3, 0.4) is 0 Å². The molecule has 0 saturated heterocycles. The highest BCUT2D eigenvalue weighted by molar-refractivity contribution is 8.00. The van der Waals surface area contributed by atoms with Crippen LogP contribution in [0.4, 0.5) is 10.1 Å². The molecule has 1 aliphatic rings. The molecule has 0 unspecified atom stereocenters. The highest BCUT2D eigenvalue weighted by Crippen LogP contribution is 2.40. The predicted octanol–water partition coefficient (Wildman–Crippen LogP) is 5.92. The summed E-state index contributed by atoms with van der Waals surface area (Å²) in [5, 5.41) is 0. The molecule has 1 N–H and O–H groups in total. The van der Waals surface area contributed by atoms with Crippen LogP contribution in [0, 0.1) is 0 Å². The molecule has 124 valence electrons. The summed E-state index contributed by atoms with van der Waals surface area (Å²) in [5.74, 6) is 2.30.